The van der Waals surface area contributed by atoms with Crippen molar-refractivity contribution in [3.8, 4) is 5.75 Å². The quantitative estimate of drug-likeness (QED) is 0.839. The third-order valence-electron chi connectivity index (χ3n) is 4.83. The molecule has 2 fully saturated rings. The maximum atomic E-state index is 12.3. The van der Waals surface area contributed by atoms with Crippen LogP contribution in [0.1, 0.15) is 18.4 Å². The number of aliphatic hydroxyl groups excluding tert-OH is 1. The monoisotopic (exact) mass is 317 g/mol. The van der Waals surface area contributed by atoms with E-state index >= 15 is 0 Å². The van der Waals surface area contributed by atoms with Crippen molar-refractivity contribution in [1.29, 1.82) is 0 Å². The zero-order valence-corrected chi connectivity index (χ0v) is 12.6. The molecule has 1 aromatic heterocycles. The predicted molar refractivity (Wildman–Crippen MR) is 82.6 cm³/mol. The van der Waals surface area contributed by atoms with Gasteiger partial charge in [-0.3, -0.25) is 4.90 Å². The molecule has 0 unspecified atom stereocenters. The van der Waals surface area contributed by atoms with E-state index in [1.165, 1.54) is 11.3 Å². The van der Waals surface area contributed by atoms with Crippen LogP contribution in [0.4, 0.5) is 9.93 Å². The maximum absolute atomic E-state index is 12.3. The first-order chi connectivity index (χ1) is 10.7. The molecule has 1 saturated carbocycles. The molecule has 3 atom stereocenters. The van der Waals surface area contributed by atoms with Crippen LogP contribution >= 0.6 is 11.3 Å². The molecule has 22 heavy (non-hydrogen) atoms. The van der Waals surface area contributed by atoms with Gasteiger partial charge in [-0.1, -0.05) is 11.3 Å². The molecule has 6 nitrogen and oxygen atoms in total. The minimum atomic E-state index is -0.481. The molecule has 2 N–H and O–H groups in total. The summed E-state index contributed by atoms with van der Waals surface area (Å²) in [5, 5.41) is 13.8. The average molecular weight is 317 g/mol. The van der Waals surface area contributed by atoms with Gasteiger partial charge in [0.05, 0.1) is 35.0 Å². The summed E-state index contributed by atoms with van der Waals surface area (Å²) in [6, 6.07) is 3.66. The second kappa shape index (κ2) is 4.33. The molecule has 3 heterocycles. The lowest BCUT2D eigenvalue weighted by molar-refractivity contribution is 0.164. The predicted octanol–water partition coefficient (Wildman–Crippen LogP) is 1.65. The molecule has 0 bridgehead atoms. The summed E-state index contributed by atoms with van der Waals surface area (Å²) >= 11 is 1.50. The zero-order valence-electron chi connectivity index (χ0n) is 11.8. The Balaban J connectivity index is 1.63. The van der Waals surface area contributed by atoms with Crippen LogP contribution < -0.4 is 15.0 Å². The average Bonchev–Trinajstić information content (AvgIpc) is 3.22. The molecule has 5 rings (SSSR count). The van der Waals surface area contributed by atoms with Crippen molar-refractivity contribution >= 4 is 32.7 Å². The Hall–Kier alpha value is -1.86. The number of fused-ring (bicyclic) bond motifs is 4. The number of carbonyl (C=O) groups excluding carboxylic acids is 1. The van der Waals surface area contributed by atoms with Crippen LogP contribution in [0.15, 0.2) is 12.1 Å². The van der Waals surface area contributed by atoms with Crippen LogP contribution in [0.3, 0.4) is 0 Å². The second-order valence-corrected chi connectivity index (χ2v) is 7.05. The van der Waals surface area contributed by atoms with Crippen LogP contribution in [0.2, 0.25) is 0 Å². The Morgan fingerprint density at radius 2 is 2.32 bits per heavy atom. The van der Waals surface area contributed by atoms with Crippen LogP contribution in [-0.4, -0.2) is 40.9 Å². The summed E-state index contributed by atoms with van der Waals surface area (Å²) in [7, 11) is 0. The van der Waals surface area contributed by atoms with E-state index < -0.39 is 6.10 Å². The van der Waals surface area contributed by atoms with Gasteiger partial charge in [-0.15, -0.1) is 0 Å². The van der Waals surface area contributed by atoms with E-state index in [0.29, 0.717) is 11.7 Å². The van der Waals surface area contributed by atoms with Gasteiger partial charge in [0, 0.05) is 12.0 Å². The van der Waals surface area contributed by atoms with Crippen molar-refractivity contribution in [2.45, 2.75) is 37.5 Å². The van der Waals surface area contributed by atoms with Gasteiger partial charge in [-0.2, -0.15) is 0 Å². The summed E-state index contributed by atoms with van der Waals surface area (Å²) < 4.78 is 6.64. The Morgan fingerprint density at radius 3 is 3.23 bits per heavy atom. The number of ether oxygens (including phenoxy) is 1. The number of aromatic nitrogens is 1. The van der Waals surface area contributed by atoms with Crippen molar-refractivity contribution < 1.29 is 14.6 Å². The summed E-state index contributed by atoms with van der Waals surface area (Å²) in [5.41, 5.74) is 2.06. The summed E-state index contributed by atoms with van der Waals surface area (Å²) in [5.74, 6) is 0.897. The molecule has 7 heteroatoms. The van der Waals surface area contributed by atoms with Crippen molar-refractivity contribution in [3.63, 3.8) is 0 Å². The van der Waals surface area contributed by atoms with Crippen molar-refractivity contribution in [2.75, 3.05) is 11.5 Å². The molecule has 0 radical (unpaired) electrons. The molecule has 2 amide bonds. The van der Waals surface area contributed by atoms with Crippen molar-refractivity contribution in [1.82, 2.24) is 10.3 Å². The lowest BCUT2D eigenvalue weighted by Gasteiger charge is -2.22. The minimum Gasteiger partial charge on any atom is -0.493 e. The lowest BCUT2D eigenvalue weighted by Crippen LogP contribution is -2.41. The Labute approximate surface area is 130 Å². The van der Waals surface area contributed by atoms with Gasteiger partial charge < -0.3 is 15.2 Å². The van der Waals surface area contributed by atoms with Gasteiger partial charge in [0.2, 0.25) is 0 Å². The van der Waals surface area contributed by atoms with Gasteiger partial charge in [0.25, 0.3) is 0 Å². The maximum Gasteiger partial charge on any atom is 0.324 e. The van der Waals surface area contributed by atoms with E-state index in [0.717, 1.165) is 40.8 Å². The highest BCUT2D eigenvalue weighted by Gasteiger charge is 2.49. The van der Waals surface area contributed by atoms with Gasteiger partial charge >= 0.3 is 6.03 Å². The number of thiazole rings is 1. The number of amides is 2. The Kier molecular flexibility index (Phi) is 2.49. The number of carbonyl (C=O) groups is 1. The molecule has 1 saturated heterocycles. The first-order valence-corrected chi connectivity index (χ1v) is 8.37. The first-order valence-electron chi connectivity index (χ1n) is 7.55. The van der Waals surface area contributed by atoms with Crippen LogP contribution in [-0.2, 0) is 6.42 Å². The molecule has 1 aromatic carbocycles. The minimum absolute atomic E-state index is 0.0311. The molecule has 1 aliphatic carbocycles. The summed E-state index contributed by atoms with van der Waals surface area (Å²) in [4.78, 5) is 18.6. The molecular formula is C15H15N3O3S. The fourth-order valence-electron chi connectivity index (χ4n) is 3.81. The molecule has 2 aromatic rings. The van der Waals surface area contributed by atoms with Gasteiger partial charge in [-0.05, 0) is 25.0 Å². The van der Waals surface area contributed by atoms with Crippen molar-refractivity contribution in [2.24, 2.45) is 0 Å². The molecular weight excluding hydrogens is 302 g/mol. The van der Waals surface area contributed by atoms with E-state index in [4.69, 9.17) is 9.72 Å². The summed E-state index contributed by atoms with van der Waals surface area (Å²) in [6.45, 7) is 0.689. The normalized spacial score (nSPS) is 29.6. The number of hydrogen-bond acceptors (Lipinski definition) is 5. The van der Waals surface area contributed by atoms with Gasteiger partial charge in [0.1, 0.15) is 5.75 Å². The standard InChI is InChI=1S/C15H15N3O3S/c19-9-2-1-8-13(9)18(14(20)16-8)15-17-12-7-5-6-21-10(7)3-4-11(12)22-15/h3-4,8-9,13,19H,1-2,5-6H2,(H,16,20)/t8-,9-,13-/m0/s1. The van der Waals surface area contributed by atoms with E-state index in [-0.39, 0.29) is 18.1 Å². The molecule has 114 valence electrons. The van der Waals surface area contributed by atoms with E-state index in [2.05, 4.69) is 5.32 Å². The van der Waals surface area contributed by atoms with Crippen molar-refractivity contribution in [3.05, 3.63) is 17.7 Å². The topological polar surface area (TPSA) is 74.7 Å². The van der Waals surface area contributed by atoms with Gasteiger partial charge in [0.15, 0.2) is 5.13 Å². The molecule has 2 aliphatic heterocycles. The number of hydrogen-bond donors (Lipinski definition) is 2. The number of anilines is 1. The number of aliphatic hydroxyl groups is 1. The fraction of sp³-hybridized carbons (Fsp3) is 0.467. The highest BCUT2D eigenvalue weighted by atomic mass is 32.1. The smallest absolute Gasteiger partial charge is 0.324 e. The number of urea groups is 1. The van der Waals surface area contributed by atoms with E-state index in [9.17, 15) is 9.90 Å². The number of nitrogens with one attached hydrogen (secondary N) is 1. The number of benzene rings is 1. The third kappa shape index (κ3) is 1.58. The first kappa shape index (κ1) is 12.7. The van der Waals surface area contributed by atoms with Crippen LogP contribution in [0.25, 0.3) is 10.2 Å². The summed E-state index contributed by atoms with van der Waals surface area (Å²) in [6.07, 6.45) is 1.92. The van der Waals surface area contributed by atoms with E-state index in [1.54, 1.807) is 4.90 Å². The Bertz CT molecular complexity index is 790. The molecule has 3 aliphatic rings. The number of rotatable bonds is 1. The number of nitrogens with zero attached hydrogens (tertiary/aromatic N) is 2. The van der Waals surface area contributed by atoms with E-state index in [1.807, 2.05) is 12.1 Å². The van der Waals surface area contributed by atoms with Gasteiger partial charge in [-0.25, -0.2) is 9.78 Å². The zero-order chi connectivity index (χ0) is 14.8. The SMILES string of the molecule is O=C1N[C@H]2CC[C@H](O)[C@H]2N1c1nc2c3c(ccc2s1)OCC3. The third-order valence-corrected chi connectivity index (χ3v) is 5.85. The highest BCUT2D eigenvalue weighted by molar-refractivity contribution is 7.22. The molecule has 0 spiro atoms. The Morgan fingerprint density at radius 1 is 1.41 bits per heavy atom. The second-order valence-electron chi connectivity index (χ2n) is 6.05. The van der Waals surface area contributed by atoms with Crippen LogP contribution in [0, 0.1) is 0 Å². The lowest BCUT2D eigenvalue weighted by atomic mass is 10.1. The largest absolute Gasteiger partial charge is 0.493 e. The van der Waals surface area contributed by atoms with Crippen LogP contribution in [0.5, 0.6) is 5.75 Å². The highest BCUT2D eigenvalue weighted by Crippen LogP contribution is 2.40. The fourth-order valence-corrected chi connectivity index (χ4v) is 4.85.